The number of hydrogen-bond acceptors (Lipinski definition) is 4. The highest BCUT2D eigenvalue weighted by atomic mass is 16.4. The molecule has 1 saturated heterocycles. The van der Waals surface area contributed by atoms with Crippen LogP contribution in [0, 0.1) is 6.92 Å². The number of aryl methyl sites for hydroxylation is 1. The van der Waals surface area contributed by atoms with E-state index in [2.05, 4.69) is 4.98 Å². The van der Waals surface area contributed by atoms with E-state index in [9.17, 15) is 9.90 Å². The van der Waals surface area contributed by atoms with Gasteiger partial charge in [0.15, 0.2) is 0 Å². The van der Waals surface area contributed by atoms with E-state index in [0.29, 0.717) is 5.69 Å². The number of aromatic nitrogens is 1. The van der Waals surface area contributed by atoms with Crippen molar-refractivity contribution in [3.63, 3.8) is 0 Å². The van der Waals surface area contributed by atoms with Crippen molar-refractivity contribution >= 4 is 11.8 Å². The molecule has 1 atom stereocenters. The van der Waals surface area contributed by atoms with Gasteiger partial charge in [0.1, 0.15) is 5.82 Å². The summed E-state index contributed by atoms with van der Waals surface area (Å²) in [6.45, 7) is 2.67. The third-order valence-electron chi connectivity index (χ3n) is 3.18. The van der Waals surface area contributed by atoms with Crippen molar-refractivity contribution in [3.05, 3.63) is 23.4 Å². The quantitative estimate of drug-likeness (QED) is 0.820. The van der Waals surface area contributed by atoms with Gasteiger partial charge in [-0.3, -0.25) is 0 Å². The molecule has 0 radical (unpaired) electrons. The lowest BCUT2D eigenvalue weighted by atomic mass is 10.2. The fourth-order valence-corrected chi connectivity index (χ4v) is 2.26. The van der Waals surface area contributed by atoms with Crippen LogP contribution in [-0.4, -0.2) is 40.4 Å². The van der Waals surface area contributed by atoms with Gasteiger partial charge in [-0.15, -0.1) is 0 Å². The maximum absolute atomic E-state index is 10.9. The second-order valence-corrected chi connectivity index (χ2v) is 4.28. The minimum atomic E-state index is -0.957. The SMILES string of the molecule is Cc1nc(N2CCCC2CO)ccc1C(=O)O. The van der Waals surface area contributed by atoms with Crippen LogP contribution in [0.25, 0.3) is 0 Å². The van der Waals surface area contributed by atoms with Gasteiger partial charge in [-0.05, 0) is 31.9 Å². The number of pyridine rings is 1. The van der Waals surface area contributed by atoms with Gasteiger partial charge in [-0.1, -0.05) is 0 Å². The van der Waals surface area contributed by atoms with Crippen LogP contribution in [0.2, 0.25) is 0 Å². The Labute approximate surface area is 99.7 Å². The topological polar surface area (TPSA) is 73.7 Å². The smallest absolute Gasteiger partial charge is 0.337 e. The van der Waals surface area contributed by atoms with E-state index in [1.807, 2.05) is 4.90 Å². The molecule has 5 heteroatoms. The molecule has 0 bridgehead atoms. The fraction of sp³-hybridized carbons (Fsp3) is 0.500. The van der Waals surface area contributed by atoms with Gasteiger partial charge < -0.3 is 15.1 Å². The van der Waals surface area contributed by atoms with Gasteiger partial charge in [0.2, 0.25) is 0 Å². The van der Waals surface area contributed by atoms with Crippen molar-refractivity contribution in [3.8, 4) is 0 Å². The van der Waals surface area contributed by atoms with Gasteiger partial charge in [-0.25, -0.2) is 9.78 Å². The van der Waals surface area contributed by atoms with Crippen LogP contribution in [0.4, 0.5) is 5.82 Å². The molecule has 17 heavy (non-hydrogen) atoms. The van der Waals surface area contributed by atoms with Crippen LogP contribution in [0.5, 0.6) is 0 Å². The molecule has 1 aliphatic rings. The molecule has 2 rings (SSSR count). The molecular weight excluding hydrogens is 220 g/mol. The standard InChI is InChI=1S/C12H16N2O3/c1-8-10(12(16)17)4-5-11(13-8)14-6-2-3-9(14)7-15/h4-5,9,15H,2-3,6-7H2,1H3,(H,16,17). The van der Waals surface area contributed by atoms with Crippen LogP contribution in [0.3, 0.4) is 0 Å². The summed E-state index contributed by atoms with van der Waals surface area (Å²) in [5.41, 5.74) is 0.743. The number of carboxylic acid groups (broad SMARTS) is 1. The van der Waals surface area contributed by atoms with Gasteiger partial charge >= 0.3 is 5.97 Å². The van der Waals surface area contributed by atoms with Crippen LogP contribution in [0.1, 0.15) is 28.9 Å². The van der Waals surface area contributed by atoms with E-state index < -0.39 is 5.97 Å². The second-order valence-electron chi connectivity index (χ2n) is 4.28. The molecule has 1 aromatic rings. The zero-order chi connectivity index (χ0) is 12.4. The van der Waals surface area contributed by atoms with E-state index in [4.69, 9.17) is 5.11 Å². The first kappa shape index (κ1) is 11.9. The summed E-state index contributed by atoms with van der Waals surface area (Å²) in [5.74, 6) is -0.203. The van der Waals surface area contributed by atoms with E-state index in [1.54, 1.807) is 19.1 Å². The minimum Gasteiger partial charge on any atom is -0.478 e. The predicted octanol–water partition coefficient (Wildman–Crippen LogP) is 1.05. The van der Waals surface area contributed by atoms with E-state index in [1.165, 1.54) is 0 Å². The summed E-state index contributed by atoms with van der Waals surface area (Å²) < 4.78 is 0. The van der Waals surface area contributed by atoms with Gasteiger partial charge in [0.25, 0.3) is 0 Å². The first-order valence-electron chi connectivity index (χ1n) is 5.72. The van der Waals surface area contributed by atoms with Gasteiger partial charge in [-0.2, -0.15) is 0 Å². The highest BCUT2D eigenvalue weighted by Gasteiger charge is 2.25. The van der Waals surface area contributed by atoms with Gasteiger partial charge in [0.05, 0.1) is 23.9 Å². The van der Waals surface area contributed by atoms with Crippen molar-refractivity contribution in [2.24, 2.45) is 0 Å². The highest BCUT2D eigenvalue weighted by molar-refractivity contribution is 5.89. The van der Waals surface area contributed by atoms with Crippen LogP contribution in [0.15, 0.2) is 12.1 Å². The first-order chi connectivity index (χ1) is 8.13. The van der Waals surface area contributed by atoms with Crippen molar-refractivity contribution in [1.82, 2.24) is 4.98 Å². The molecule has 0 aliphatic carbocycles. The number of hydrogen-bond donors (Lipinski definition) is 2. The first-order valence-corrected chi connectivity index (χ1v) is 5.72. The summed E-state index contributed by atoms with van der Waals surface area (Å²) in [7, 11) is 0. The number of aromatic carboxylic acids is 1. The third-order valence-corrected chi connectivity index (χ3v) is 3.18. The normalized spacial score (nSPS) is 19.6. The molecule has 1 unspecified atom stereocenters. The molecule has 0 saturated carbocycles. The van der Waals surface area contributed by atoms with Crippen LogP contribution in [-0.2, 0) is 0 Å². The van der Waals surface area contributed by atoms with Crippen molar-refractivity contribution in [2.75, 3.05) is 18.1 Å². The maximum Gasteiger partial charge on any atom is 0.337 e. The molecule has 0 amide bonds. The van der Waals surface area contributed by atoms with E-state index in [0.717, 1.165) is 25.2 Å². The molecule has 0 spiro atoms. The number of anilines is 1. The Morgan fingerprint density at radius 3 is 2.94 bits per heavy atom. The molecular formula is C12H16N2O3. The number of aliphatic hydroxyl groups is 1. The lowest BCUT2D eigenvalue weighted by molar-refractivity contribution is 0.0695. The molecule has 1 aromatic heterocycles. The maximum atomic E-state index is 10.9. The Bertz CT molecular complexity index is 434. The van der Waals surface area contributed by atoms with Crippen molar-refractivity contribution in [2.45, 2.75) is 25.8 Å². The second kappa shape index (κ2) is 4.71. The minimum absolute atomic E-state index is 0.109. The Kier molecular flexibility index (Phi) is 3.28. The number of carbonyl (C=O) groups is 1. The number of carboxylic acids is 1. The average Bonchev–Trinajstić information content (AvgIpc) is 2.76. The fourth-order valence-electron chi connectivity index (χ4n) is 2.26. The number of nitrogens with zero attached hydrogens (tertiary/aromatic N) is 2. The molecule has 92 valence electrons. The molecule has 2 heterocycles. The third kappa shape index (κ3) is 2.24. The van der Waals surface area contributed by atoms with E-state index in [-0.39, 0.29) is 18.2 Å². The molecule has 1 aliphatic heterocycles. The van der Waals surface area contributed by atoms with Crippen LogP contribution < -0.4 is 4.90 Å². The zero-order valence-electron chi connectivity index (χ0n) is 9.76. The predicted molar refractivity (Wildman–Crippen MR) is 63.4 cm³/mol. The number of aliphatic hydroxyl groups excluding tert-OH is 1. The summed E-state index contributed by atoms with van der Waals surface area (Å²) >= 11 is 0. The summed E-state index contributed by atoms with van der Waals surface area (Å²) in [6.07, 6.45) is 1.99. The highest BCUT2D eigenvalue weighted by Crippen LogP contribution is 2.24. The van der Waals surface area contributed by atoms with Gasteiger partial charge in [0, 0.05) is 6.54 Å². The van der Waals surface area contributed by atoms with Crippen molar-refractivity contribution < 1.29 is 15.0 Å². The Hall–Kier alpha value is -1.62. The monoisotopic (exact) mass is 236 g/mol. The molecule has 2 N–H and O–H groups in total. The lowest BCUT2D eigenvalue weighted by Gasteiger charge is -2.24. The summed E-state index contributed by atoms with van der Waals surface area (Å²) in [6, 6.07) is 3.40. The molecule has 5 nitrogen and oxygen atoms in total. The Morgan fingerprint density at radius 1 is 1.59 bits per heavy atom. The summed E-state index contributed by atoms with van der Waals surface area (Å²) in [4.78, 5) is 17.2. The number of rotatable bonds is 3. The van der Waals surface area contributed by atoms with Crippen molar-refractivity contribution in [1.29, 1.82) is 0 Å². The average molecular weight is 236 g/mol. The molecule has 1 fully saturated rings. The molecule has 0 aromatic carbocycles. The lowest BCUT2D eigenvalue weighted by Crippen LogP contribution is -2.32. The van der Waals surface area contributed by atoms with Crippen LogP contribution >= 0.6 is 0 Å². The Balaban J connectivity index is 2.28. The Morgan fingerprint density at radius 2 is 2.35 bits per heavy atom. The largest absolute Gasteiger partial charge is 0.478 e. The summed E-state index contributed by atoms with van der Waals surface area (Å²) in [5, 5.41) is 18.2. The van der Waals surface area contributed by atoms with E-state index >= 15 is 0 Å². The zero-order valence-corrected chi connectivity index (χ0v) is 9.76.